The molecule has 1 aliphatic carbocycles. The second-order valence-corrected chi connectivity index (χ2v) is 10.8. The monoisotopic (exact) mass is 444 g/mol. The van der Waals surface area contributed by atoms with Crippen molar-refractivity contribution in [3.8, 4) is 0 Å². The third kappa shape index (κ3) is 5.08. The van der Waals surface area contributed by atoms with Crippen molar-refractivity contribution in [3.63, 3.8) is 0 Å². The zero-order chi connectivity index (χ0) is 22.3. The summed E-state index contributed by atoms with van der Waals surface area (Å²) in [6.45, 7) is 6.39. The Labute approximate surface area is 187 Å². The largest absolute Gasteiger partial charge is 0.497 e. The van der Waals surface area contributed by atoms with Crippen LogP contribution in [0, 0.1) is 6.92 Å². The van der Waals surface area contributed by atoms with Crippen molar-refractivity contribution >= 4 is 9.84 Å². The van der Waals surface area contributed by atoms with Gasteiger partial charge in [0.1, 0.15) is 16.3 Å². The highest BCUT2D eigenvalue weighted by Crippen LogP contribution is 2.44. The van der Waals surface area contributed by atoms with Crippen LogP contribution >= 0.6 is 0 Å². The normalized spacial score (nSPS) is 16.7. The van der Waals surface area contributed by atoms with E-state index in [0.717, 1.165) is 49.2 Å². The molecule has 0 spiro atoms. The van der Waals surface area contributed by atoms with Crippen LogP contribution in [-0.4, -0.2) is 19.8 Å². The summed E-state index contributed by atoms with van der Waals surface area (Å²) >= 11 is 0. The van der Waals surface area contributed by atoms with Gasteiger partial charge in [0, 0.05) is 6.42 Å². The third-order valence-corrected chi connectivity index (χ3v) is 9.08. The molecule has 5 heteroatoms. The highest BCUT2D eigenvalue weighted by atomic mass is 32.2. The van der Waals surface area contributed by atoms with Crippen LogP contribution in [0.15, 0.2) is 63.3 Å². The molecule has 0 amide bonds. The molecule has 1 atom stereocenters. The number of rotatable bonds is 10. The molecular formula is C26H36O4S. The van der Waals surface area contributed by atoms with E-state index in [4.69, 9.17) is 9.15 Å². The summed E-state index contributed by atoms with van der Waals surface area (Å²) in [5, 5.41) is 0. The van der Waals surface area contributed by atoms with E-state index in [-0.39, 0.29) is 0 Å². The van der Waals surface area contributed by atoms with Gasteiger partial charge in [-0.15, -0.1) is 0 Å². The van der Waals surface area contributed by atoms with Crippen LogP contribution in [0.1, 0.15) is 76.5 Å². The minimum Gasteiger partial charge on any atom is -0.497 e. The molecule has 1 heterocycles. The molecule has 0 aliphatic heterocycles. The maximum atomic E-state index is 14.2. The molecule has 0 bridgehead atoms. The number of sulfone groups is 1. The van der Waals surface area contributed by atoms with Gasteiger partial charge < -0.3 is 9.15 Å². The lowest BCUT2D eigenvalue weighted by Crippen LogP contribution is -2.42. The molecule has 170 valence electrons. The van der Waals surface area contributed by atoms with Gasteiger partial charge >= 0.3 is 0 Å². The highest BCUT2D eigenvalue weighted by Gasteiger charge is 2.48. The second-order valence-electron chi connectivity index (χ2n) is 8.52. The Kier molecular flexibility index (Phi) is 8.04. The number of benzene rings is 1. The van der Waals surface area contributed by atoms with Crippen LogP contribution in [0.3, 0.4) is 0 Å². The Hall–Kier alpha value is -2.01. The van der Waals surface area contributed by atoms with E-state index in [1.807, 2.05) is 45.0 Å². The number of aryl methyl sites for hydroxylation is 2. The van der Waals surface area contributed by atoms with Gasteiger partial charge in [0.15, 0.2) is 9.84 Å². The van der Waals surface area contributed by atoms with Gasteiger partial charge in [0.25, 0.3) is 0 Å². The average molecular weight is 445 g/mol. The first-order chi connectivity index (χ1) is 14.9. The lowest BCUT2D eigenvalue weighted by Gasteiger charge is -2.37. The van der Waals surface area contributed by atoms with Crippen molar-refractivity contribution in [1.82, 2.24) is 0 Å². The molecular weight excluding hydrogens is 408 g/mol. The van der Waals surface area contributed by atoms with Crippen LogP contribution in [0.4, 0.5) is 0 Å². The lowest BCUT2D eigenvalue weighted by atomic mass is 9.86. The van der Waals surface area contributed by atoms with Crippen LogP contribution in [0.25, 0.3) is 0 Å². The number of allylic oxidation sites excluding steroid dienone is 1. The fourth-order valence-electron chi connectivity index (χ4n) is 4.75. The van der Waals surface area contributed by atoms with Gasteiger partial charge in [-0.25, -0.2) is 8.42 Å². The SMILES string of the molecule is CCOC(=C1CCCCC1)C(CC)(CCCc1ccco1)S(=O)(=O)c1ccc(C)cc1. The van der Waals surface area contributed by atoms with E-state index in [9.17, 15) is 8.42 Å². The molecule has 3 rings (SSSR count). The second kappa shape index (κ2) is 10.5. The van der Waals surface area contributed by atoms with E-state index in [0.29, 0.717) is 30.8 Å². The van der Waals surface area contributed by atoms with Gasteiger partial charge in [-0.3, -0.25) is 0 Å². The number of furan rings is 1. The molecule has 0 N–H and O–H groups in total. The Morgan fingerprint density at radius 2 is 1.77 bits per heavy atom. The first kappa shape index (κ1) is 23.6. The van der Waals surface area contributed by atoms with E-state index in [1.165, 1.54) is 12.0 Å². The lowest BCUT2D eigenvalue weighted by molar-refractivity contribution is 0.183. The molecule has 2 aromatic rings. The molecule has 1 aromatic carbocycles. The molecule has 0 saturated heterocycles. The molecule has 1 fully saturated rings. The van der Waals surface area contributed by atoms with E-state index < -0.39 is 14.6 Å². The number of hydrogen-bond acceptors (Lipinski definition) is 4. The summed E-state index contributed by atoms with van der Waals surface area (Å²) in [6.07, 6.45) is 9.36. The molecule has 1 aromatic heterocycles. The third-order valence-electron chi connectivity index (χ3n) is 6.48. The van der Waals surface area contributed by atoms with Crippen LogP contribution < -0.4 is 0 Å². The first-order valence-corrected chi connectivity index (χ1v) is 13.1. The van der Waals surface area contributed by atoms with Gasteiger partial charge in [-0.2, -0.15) is 0 Å². The fourth-order valence-corrected chi connectivity index (χ4v) is 6.94. The molecule has 1 aliphatic rings. The highest BCUT2D eigenvalue weighted by molar-refractivity contribution is 7.93. The van der Waals surface area contributed by atoms with Crippen molar-refractivity contribution in [1.29, 1.82) is 0 Å². The maximum Gasteiger partial charge on any atom is 0.191 e. The van der Waals surface area contributed by atoms with E-state index in [1.54, 1.807) is 18.4 Å². The van der Waals surface area contributed by atoms with Crippen molar-refractivity contribution in [2.45, 2.75) is 88.2 Å². The van der Waals surface area contributed by atoms with Gasteiger partial charge in [0.2, 0.25) is 0 Å². The zero-order valence-corrected chi connectivity index (χ0v) is 20.0. The average Bonchev–Trinajstić information content (AvgIpc) is 3.30. The maximum absolute atomic E-state index is 14.2. The van der Waals surface area contributed by atoms with Crippen LogP contribution in [0.2, 0.25) is 0 Å². The molecule has 31 heavy (non-hydrogen) atoms. The Morgan fingerprint density at radius 1 is 1.06 bits per heavy atom. The van der Waals surface area contributed by atoms with Crippen molar-refractivity contribution in [2.75, 3.05) is 6.61 Å². The molecule has 1 unspecified atom stereocenters. The summed E-state index contributed by atoms with van der Waals surface area (Å²) in [7, 11) is -3.65. The zero-order valence-electron chi connectivity index (χ0n) is 19.2. The molecule has 1 saturated carbocycles. The van der Waals surface area contributed by atoms with E-state index in [2.05, 4.69) is 0 Å². The molecule has 4 nitrogen and oxygen atoms in total. The predicted molar refractivity (Wildman–Crippen MR) is 125 cm³/mol. The molecule has 0 radical (unpaired) electrons. The summed E-state index contributed by atoms with van der Waals surface area (Å²) in [5.41, 5.74) is 2.25. The van der Waals surface area contributed by atoms with E-state index >= 15 is 0 Å². The van der Waals surface area contributed by atoms with Crippen molar-refractivity contribution < 1.29 is 17.6 Å². The summed E-state index contributed by atoms with van der Waals surface area (Å²) in [4.78, 5) is 0.381. The standard InChI is InChI=1S/C26H36O4S/c1-4-26(19-9-13-23-14-10-20-30-23,25(29-5-2)22-11-7-6-8-12-22)31(27,28)24-17-15-21(3)16-18-24/h10,14-18,20H,4-9,11-13,19H2,1-3H3. The van der Waals surface area contributed by atoms with Crippen molar-refractivity contribution in [2.24, 2.45) is 0 Å². The summed E-state index contributed by atoms with van der Waals surface area (Å²) in [6, 6.07) is 11.1. The van der Waals surface area contributed by atoms with Crippen molar-refractivity contribution in [3.05, 3.63) is 65.3 Å². The van der Waals surface area contributed by atoms with Gasteiger partial charge in [-0.1, -0.05) is 31.0 Å². The topological polar surface area (TPSA) is 56.5 Å². The minimum absolute atomic E-state index is 0.381. The van der Waals surface area contributed by atoms with Gasteiger partial charge in [0.05, 0.1) is 17.8 Å². The fraction of sp³-hybridized carbons (Fsp3) is 0.538. The summed E-state index contributed by atoms with van der Waals surface area (Å²) in [5.74, 6) is 1.61. The van der Waals surface area contributed by atoms with Crippen LogP contribution in [-0.2, 0) is 21.0 Å². The predicted octanol–water partition coefficient (Wildman–Crippen LogP) is 6.79. The Balaban J connectivity index is 2.08. The Bertz CT molecular complexity index is 947. The smallest absolute Gasteiger partial charge is 0.191 e. The first-order valence-electron chi connectivity index (χ1n) is 11.6. The number of ether oxygens (including phenoxy) is 1. The minimum atomic E-state index is -3.65. The number of hydrogen-bond donors (Lipinski definition) is 0. The van der Waals surface area contributed by atoms with Crippen LogP contribution in [0.5, 0.6) is 0 Å². The van der Waals surface area contributed by atoms with Gasteiger partial charge in [-0.05, 0) is 88.6 Å². The summed E-state index contributed by atoms with van der Waals surface area (Å²) < 4.78 is 39.1. The Morgan fingerprint density at radius 3 is 2.35 bits per heavy atom. The quantitative estimate of drug-likeness (QED) is 0.379.